The average molecular weight is 292 g/mol. The van der Waals surface area contributed by atoms with E-state index >= 15 is 0 Å². The number of ketones is 1. The van der Waals surface area contributed by atoms with Gasteiger partial charge in [-0.2, -0.15) is 0 Å². The van der Waals surface area contributed by atoms with E-state index in [4.69, 9.17) is 9.84 Å². The summed E-state index contributed by atoms with van der Waals surface area (Å²) in [6, 6.07) is 4.36. The van der Waals surface area contributed by atoms with Crippen molar-refractivity contribution in [2.45, 2.75) is 6.42 Å². The molecule has 1 aromatic rings. The number of aliphatic carboxylic acids is 1. The minimum atomic E-state index is -1.17. The number of Topliss-reactive ketones (excluding diaryl/α,β-unsaturated/α-hetero) is 1. The van der Waals surface area contributed by atoms with Gasteiger partial charge in [-0.15, -0.1) is 0 Å². The Morgan fingerprint density at radius 1 is 1.10 bits per heavy atom. The van der Waals surface area contributed by atoms with Crippen molar-refractivity contribution in [2.75, 3.05) is 23.8 Å². The summed E-state index contributed by atoms with van der Waals surface area (Å²) in [5.41, 5.74) is 0.958. The first-order chi connectivity index (χ1) is 9.95. The van der Waals surface area contributed by atoms with Crippen molar-refractivity contribution in [3.8, 4) is 0 Å². The first kappa shape index (κ1) is 14.7. The van der Waals surface area contributed by atoms with Crippen LogP contribution in [0.25, 0.3) is 0 Å². The lowest BCUT2D eigenvalue weighted by Gasteiger charge is -2.09. The minimum absolute atomic E-state index is 0.246. The molecule has 21 heavy (non-hydrogen) atoms. The molecule has 1 aromatic carbocycles. The van der Waals surface area contributed by atoms with E-state index in [1.54, 1.807) is 0 Å². The molecule has 8 nitrogen and oxygen atoms in total. The van der Waals surface area contributed by atoms with Gasteiger partial charge in [0.05, 0.1) is 11.4 Å². The maximum atomic E-state index is 11.8. The topological polar surface area (TPSA) is 122 Å². The van der Waals surface area contributed by atoms with E-state index in [2.05, 4.69) is 10.6 Å². The number of anilines is 2. The summed E-state index contributed by atoms with van der Waals surface area (Å²) in [6.07, 6.45) is -0.292. The summed E-state index contributed by atoms with van der Waals surface area (Å²) in [4.78, 5) is 44.9. The zero-order valence-corrected chi connectivity index (χ0v) is 10.8. The minimum Gasteiger partial charge on any atom is -0.480 e. The monoisotopic (exact) mass is 292 g/mol. The Hall–Kier alpha value is -2.74. The molecular formula is C13H12N2O6. The fourth-order valence-corrected chi connectivity index (χ4v) is 1.78. The van der Waals surface area contributed by atoms with Crippen LogP contribution in [0.4, 0.5) is 11.4 Å². The number of amides is 2. The highest BCUT2D eigenvalue weighted by Gasteiger charge is 2.19. The van der Waals surface area contributed by atoms with E-state index in [1.165, 1.54) is 18.2 Å². The first-order valence-electron chi connectivity index (χ1n) is 6.02. The van der Waals surface area contributed by atoms with Crippen molar-refractivity contribution >= 4 is 34.9 Å². The molecule has 0 radical (unpaired) electrons. The van der Waals surface area contributed by atoms with Crippen molar-refractivity contribution < 1.29 is 29.0 Å². The predicted octanol–water partition coefficient (Wildman–Crippen LogP) is 0.251. The Balaban J connectivity index is 2.13. The van der Waals surface area contributed by atoms with Gasteiger partial charge in [-0.1, -0.05) is 0 Å². The lowest BCUT2D eigenvalue weighted by molar-refractivity contribution is -0.141. The number of carbonyl (C=O) groups is 4. The Kier molecular flexibility index (Phi) is 4.29. The Labute approximate surface area is 119 Å². The van der Waals surface area contributed by atoms with Crippen LogP contribution in [0.2, 0.25) is 0 Å². The van der Waals surface area contributed by atoms with E-state index in [9.17, 15) is 19.2 Å². The predicted molar refractivity (Wildman–Crippen MR) is 71.1 cm³/mol. The second kappa shape index (κ2) is 6.14. The van der Waals surface area contributed by atoms with Crippen LogP contribution >= 0.6 is 0 Å². The highest BCUT2D eigenvalue weighted by atomic mass is 16.5. The molecule has 0 unspecified atom stereocenters. The third-order valence-electron chi connectivity index (χ3n) is 2.67. The molecule has 110 valence electrons. The van der Waals surface area contributed by atoms with E-state index < -0.39 is 30.2 Å². The van der Waals surface area contributed by atoms with Crippen LogP contribution in [0.5, 0.6) is 0 Å². The summed E-state index contributed by atoms with van der Waals surface area (Å²) >= 11 is 0. The van der Waals surface area contributed by atoms with E-state index in [0.29, 0.717) is 11.4 Å². The van der Waals surface area contributed by atoms with Gasteiger partial charge in [0.2, 0.25) is 11.8 Å². The van der Waals surface area contributed by atoms with Crippen LogP contribution in [-0.4, -0.2) is 41.9 Å². The fourth-order valence-electron chi connectivity index (χ4n) is 1.78. The number of carboxylic acids is 1. The van der Waals surface area contributed by atoms with Crippen molar-refractivity contribution in [3.63, 3.8) is 0 Å². The molecule has 1 aliphatic heterocycles. The van der Waals surface area contributed by atoms with Gasteiger partial charge in [0.25, 0.3) is 0 Å². The second-order valence-electron chi connectivity index (χ2n) is 4.34. The second-order valence-corrected chi connectivity index (χ2v) is 4.34. The highest BCUT2D eigenvalue weighted by Crippen LogP contribution is 2.26. The van der Waals surface area contributed by atoms with Crippen molar-refractivity contribution in [1.29, 1.82) is 0 Å². The number of hydrogen-bond acceptors (Lipinski definition) is 5. The third kappa shape index (κ3) is 3.86. The Morgan fingerprint density at radius 2 is 1.76 bits per heavy atom. The van der Waals surface area contributed by atoms with Gasteiger partial charge in [0.15, 0.2) is 5.78 Å². The molecule has 0 aliphatic carbocycles. The third-order valence-corrected chi connectivity index (χ3v) is 2.67. The van der Waals surface area contributed by atoms with Gasteiger partial charge in [0, 0.05) is 5.56 Å². The molecule has 0 bridgehead atoms. The van der Waals surface area contributed by atoms with Crippen LogP contribution in [0, 0.1) is 0 Å². The number of fused-ring (bicyclic) bond motifs is 1. The average Bonchev–Trinajstić information content (AvgIpc) is 2.53. The summed E-state index contributed by atoms with van der Waals surface area (Å²) in [5, 5.41) is 13.5. The van der Waals surface area contributed by atoms with E-state index in [1.807, 2.05) is 0 Å². The number of rotatable bonds is 5. The molecule has 0 saturated carbocycles. The van der Waals surface area contributed by atoms with Gasteiger partial charge < -0.3 is 20.5 Å². The fraction of sp³-hybridized carbons (Fsp3) is 0.231. The van der Waals surface area contributed by atoms with E-state index in [-0.39, 0.29) is 18.6 Å². The molecule has 1 aliphatic rings. The van der Waals surface area contributed by atoms with Gasteiger partial charge in [0.1, 0.15) is 19.6 Å². The standard InChI is InChI=1S/C13H12N2O6/c16-10(5-21-6-13(19)20)7-1-2-8-9(3-7)15-12(18)4-11(17)14-8/h1-3H,4-6H2,(H,14,17)(H,15,18)(H,19,20). The van der Waals surface area contributed by atoms with Crippen LogP contribution in [0.3, 0.4) is 0 Å². The molecule has 2 rings (SSSR count). The van der Waals surface area contributed by atoms with Crippen LogP contribution in [0.1, 0.15) is 16.8 Å². The van der Waals surface area contributed by atoms with Gasteiger partial charge in [-0.05, 0) is 18.2 Å². The van der Waals surface area contributed by atoms with Gasteiger partial charge in [-0.25, -0.2) is 4.79 Å². The molecule has 2 amide bonds. The molecule has 8 heteroatoms. The quantitative estimate of drug-likeness (QED) is 0.528. The van der Waals surface area contributed by atoms with E-state index in [0.717, 1.165) is 0 Å². The smallest absolute Gasteiger partial charge is 0.329 e. The van der Waals surface area contributed by atoms with Crippen LogP contribution in [-0.2, 0) is 19.1 Å². The lowest BCUT2D eigenvalue weighted by Crippen LogP contribution is -2.16. The number of ether oxygens (including phenoxy) is 1. The Bertz CT molecular complexity index is 625. The molecule has 3 N–H and O–H groups in total. The van der Waals surface area contributed by atoms with Crippen LogP contribution < -0.4 is 10.6 Å². The number of hydrogen-bond donors (Lipinski definition) is 3. The summed E-state index contributed by atoms with van der Waals surface area (Å²) < 4.78 is 4.71. The number of benzene rings is 1. The number of carboxylic acid groups (broad SMARTS) is 1. The summed E-state index contributed by atoms with van der Waals surface area (Å²) in [6.45, 7) is -0.950. The van der Waals surface area contributed by atoms with Gasteiger partial charge >= 0.3 is 5.97 Å². The molecule has 1 heterocycles. The normalized spacial score (nSPS) is 13.7. The summed E-state index contributed by atoms with van der Waals surface area (Å²) in [7, 11) is 0. The van der Waals surface area contributed by atoms with Crippen molar-refractivity contribution in [2.24, 2.45) is 0 Å². The molecule has 0 fully saturated rings. The maximum absolute atomic E-state index is 11.8. The lowest BCUT2D eigenvalue weighted by atomic mass is 10.1. The molecule has 0 saturated heterocycles. The largest absolute Gasteiger partial charge is 0.480 e. The zero-order valence-electron chi connectivity index (χ0n) is 10.8. The maximum Gasteiger partial charge on any atom is 0.329 e. The molecule has 0 atom stereocenters. The zero-order chi connectivity index (χ0) is 15.4. The number of carbonyl (C=O) groups excluding carboxylic acids is 3. The molecule has 0 spiro atoms. The molecular weight excluding hydrogens is 280 g/mol. The SMILES string of the molecule is O=C(O)COCC(=O)c1ccc2c(c1)NC(=O)CC(=O)N2. The van der Waals surface area contributed by atoms with Crippen LogP contribution in [0.15, 0.2) is 18.2 Å². The summed E-state index contributed by atoms with van der Waals surface area (Å²) in [5.74, 6) is -2.50. The Morgan fingerprint density at radius 3 is 2.43 bits per heavy atom. The highest BCUT2D eigenvalue weighted by molar-refractivity contribution is 6.14. The van der Waals surface area contributed by atoms with Gasteiger partial charge in [-0.3, -0.25) is 14.4 Å². The van der Waals surface area contributed by atoms with Crippen molar-refractivity contribution in [1.82, 2.24) is 0 Å². The first-order valence-corrected chi connectivity index (χ1v) is 6.02. The molecule has 0 aromatic heterocycles. The number of nitrogens with one attached hydrogen (secondary N) is 2. The van der Waals surface area contributed by atoms with Crippen molar-refractivity contribution in [3.05, 3.63) is 23.8 Å².